The third kappa shape index (κ3) is 23.8. The molecule has 4 aliphatic carbocycles. The first-order chi connectivity index (χ1) is 65.1. The molecule has 134 heavy (non-hydrogen) atoms. The molecule has 20 rings (SSSR count). The van der Waals surface area contributed by atoms with E-state index in [2.05, 4.69) is 87.1 Å². The van der Waals surface area contributed by atoms with Crippen LogP contribution in [0.5, 0.6) is 0 Å². The van der Waals surface area contributed by atoms with Crippen molar-refractivity contribution in [1.29, 1.82) is 0 Å². The van der Waals surface area contributed by atoms with E-state index in [1.807, 2.05) is 131 Å². The van der Waals surface area contributed by atoms with Crippen molar-refractivity contribution >= 4 is 59.3 Å². The molecule has 0 bridgehead atoms. The predicted molar refractivity (Wildman–Crippen MR) is 491 cm³/mol. The standard InChI is InChI=1S/C24H26N6O3.2C23H24N6O3.C21H20N6O3.2CH2O2.CH4/c1-2-32-18-8-6-17(7-9-18)30-15-20(23(29-30)19-5-3-4-12-25-19)28-24(31)22-11-10-21(33-22)16-13-26-27-14-16;2*1-2-31-17-7-6-16(11-17)29-14-19(22(28-29)18-5-3-4-10-24-18)27-23(30)21-9-8-20(32-21)15-12-25-26-13-15;28-15-5-4-14(9-15)27-12-17(20(26-27)16-3-1-2-8-22-16)25-21(29)19-7-6-18(30-19)13-10-23-24-11-13;2*2-1-3;/h3-5,10-15,17-18H,2,6-9H2,1H3,(H,26,27)(H,28,31);2*3-5,8-10,12-14,16-17H,2,6-7,11H2,1H3,(H,25,26)(H,27,30);1-3,6-8,10-12,14-15,28H,4-5,9H2,(H,23,24)(H,25,29);2*1H,(H,2,3);1H4/t;2*16-,17+;14-,15+;;;/m.000.../s1. The van der Waals surface area contributed by atoms with Crippen molar-refractivity contribution in [3.63, 3.8) is 0 Å². The van der Waals surface area contributed by atoms with Gasteiger partial charge in [0.1, 0.15) is 45.8 Å². The van der Waals surface area contributed by atoms with Crippen molar-refractivity contribution in [2.24, 2.45) is 0 Å². The Morgan fingerprint density at radius 3 is 0.888 bits per heavy atom. The second-order valence-electron chi connectivity index (χ2n) is 31.1. The van der Waals surface area contributed by atoms with E-state index >= 15 is 0 Å². The number of hydrogen-bond donors (Lipinski definition) is 11. The van der Waals surface area contributed by atoms with Crippen molar-refractivity contribution in [1.82, 2.24) is 99.8 Å². The van der Waals surface area contributed by atoms with Gasteiger partial charge in [0.2, 0.25) is 0 Å². The Morgan fingerprint density at radius 1 is 0.373 bits per heavy atom. The fraction of sp³-hybridized carbons (Fsp3) is 0.298. The molecule has 4 amide bonds. The van der Waals surface area contributed by atoms with E-state index < -0.39 is 0 Å². The van der Waals surface area contributed by atoms with Gasteiger partial charge in [0.15, 0.2) is 23.0 Å². The van der Waals surface area contributed by atoms with Gasteiger partial charge in [-0.1, -0.05) is 31.7 Å². The molecule has 694 valence electrons. The lowest BCUT2D eigenvalue weighted by atomic mass is 9.93. The molecular weight excluding hydrogens is 1720 g/mol. The third-order valence-corrected chi connectivity index (χ3v) is 22.4. The third-order valence-electron chi connectivity index (χ3n) is 22.4. The topological polar surface area (TPSA) is 529 Å². The van der Waals surface area contributed by atoms with Crippen LogP contribution in [0.2, 0.25) is 0 Å². The summed E-state index contributed by atoms with van der Waals surface area (Å²) in [6.45, 7) is 7.72. The number of ether oxygens (including phenoxy) is 3. The zero-order valence-corrected chi connectivity index (χ0v) is 72.7. The van der Waals surface area contributed by atoms with Crippen molar-refractivity contribution in [3.05, 3.63) is 244 Å². The number of carbonyl (C=O) groups excluding carboxylic acids is 4. The molecular formula is C94H102N24O16. The number of carboxylic acid groups (broad SMARTS) is 2. The molecule has 16 heterocycles. The van der Waals surface area contributed by atoms with Gasteiger partial charge in [0, 0.05) is 94.2 Å². The smallest absolute Gasteiger partial charge is 0.291 e. The maximum atomic E-state index is 13.0. The minimum absolute atomic E-state index is 0. The maximum Gasteiger partial charge on any atom is 0.291 e. The SMILES string of the molecule is C.CCOC1CCC(n2cc(NC(=O)c3ccc(-c4cn[nH]c4)o3)c(-c3ccccn3)n2)CC1.CCO[C@@H]1CC[C@H](n2cc(NC(=O)c3ccc(-c4cn[nH]c4)o3)c(-c3ccccn3)n2)C1.CCO[C@@H]1CC[C@H](n2cc(NC(=O)c3ccc(-c4cn[nH]c4)o3)c(-c3ccccn3)n2)C1.O=C(Nc1cn([C@H]2CC[C@@H](O)C2)nc1-c1ccccn1)c1ccc(-c2cn[nH]c2)o1.O=CO.O=CO. The number of aromatic amines is 4. The fourth-order valence-corrected chi connectivity index (χ4v) is 16.2. The van der Waals surface area contributed by atoms with Crippen LogP contribution in [-0.4, -0.2) is 196 Å². The first kappa shape index (κ1) is 94.2. The molecule has 11 N–H and O–H groups in total. The second kappa shape index (κ2) is 46.0. The second-order valence-corrected chi connectivity index (χ2v) is 31.1. The number of aromatic nitrogens is 20. The largest absolute Gasteiger partial charge is 0.483 e. The fourth-order valence-electron chi connectivity index (χ4n) is 16.2. The summed E-state index contributed by atoms with van der Waals surface area (Å²) in [6.07, 6.45) is 40.1. The Morgan fingerprint density at radius 2 is 0.634 bits per heavy atom. The Labute approximate surface area is 767 Å². The van der Waals surface area contributed by atoms with E-state index in [4.69, 9.17) is 67.0 Å². The number of aliphatic hydroxyl groups is 1. The highest BCUT2D eigenvalue weighted by Gasteiger charge is 2.34. The number of rotatable bonds is 26. The van der Waals surface area contributed by atoms with Gasteiger partial charge in [-0.05, 0) is 201 Å². The van der Waals surface area contributed by atoms with Crippen molar-refractivity contribution < 1.29 is 76.0 Å². The summed E-state index contributed by atoms with van der Waals surface area (Å²) in [4.78, 5) is 86.1. The number of anilines is 4. The van der Waals surface area contributed by atoms with E-state index in [0.717, 1.165) is 106 Å². The zero-order valence-electron chi connectivity index (χ0n) is 72.7. The summed E-state index contributed by atoms with van der Waals surface area (Å²) in [5, 5.41) is 81.1. The van der Waals surface area contributed by atoms with Crippen LogP contribution in [0, 0.1) is 0 Å². The highest BCUT2D eigenvalue weighted by atomic mass is 16.5. The van der Waals surface area contributed by atoms with Crippen LogP contribution in [0.15, 0.2) is 238 Å². The number of amides is 4. The van der Waals surface area contributed by atoms with Crippen molar-refractivity contribution in [3.8, 4) is 90.8 Å². The zero-order chi connectivity index (χ0) is 92.4. The number of carbonyl (C=O) groups is 6. The number of nitrogens with one attached hydrogen (secondary N) is 8. The molecule has 16 aromatic heterocycles. The average molecular weight is 1820 g/mol. The number of aliphatic hydroxyl groups excluding tert-OH is 1. The van der Waals surface area contributed by atoms with Crippen molar-refractivity contribution in [2.45, 2.75) is 160 Å². The highest BCUT2D eigenvalue weighted by molar-refractivity contribution is 6.07. The number of nitrogens with zero attached hydrogens (tertiary/aromatic N) is 16. The van der Waals surface area contributed by atoms with Gasteiger partial charge in [-0.2, -0.15) is 40.8 Å². The molecule has 6 atom stereocenters. The molecule has 0 spiro atoms. The molecule has 4 aliphatic rings. The van der Waals surface area contributed by atoms with Gasteiger partial charge in [0.05, 0.1) is 141 Å². The van der Waals surface area contributed by atoms with Crippen LogP contribution < -0.4 is 21.3 Å². The van der Waals surface area contributed by atoms with Gasteiger partial charge < -0.3 is 68.5 Å². The predicted octanol–water partition coefficient (Wildman–Crippen LogP) is 16.6. The summed E-state index contributed by atoms with van der Waals surface area (Å²) in [7, 11) is 0. The monoisotopic (exact) mass is 1820 g/mol. The normalized spacial score (nSPS) is 17.5. The molecule has 0 radical (unpaired) electrons. The van der Waals surface area contributed by atoms with Crippen LogP contribution in [-0.2, 0) is 23.8 Å². The minimum atomic E-state index is -0.382. The number of pyridine rings is 4. The summed E-state index contributed by atoms with van der Waals surface area (Å²) < 4.78 is 47.9. The quantitative estimate of drug-likeness (QED) is 0.0224. The number of hydrogen-bond acceptors (Lipinski definition) is 26. The first-order valence-corrected chi connectivity index (χ1v) is 43.5. The molecule has 0 aliphatic heterocycles. The molecule has 0 aromatic carbocycles. The van der Waals surface area contributed by atoms with Crippen LogP contribution in [0.3, 0.4) is 0 Å². The lowest BCUT2D eigenvalue weighted by Gasteiger charge is -2.28. The average Bonchev–Trinajstić information content (AvgIpc) is 1.66. The van der Waals surface area contributed by atoms with E-state index in [1.54, 1.807) is 129 Å². The Hall–Kier alpha value is -15.9. The van der Waals surface area contributed by atoms with Gasteiger partial charge in [-0.3, -0.25) is 87.8 Å². The van der Waals surface area contributed by atoms with Crippen LogP contribution in [0.4, 0.5) is 22.7 Å². The molecule has 4 saturated carbocycles. The molecule has 0 unspecified atom stereocenters. The molecule has 40 nitrogen and oxygen atoms in total. The molecule has 40 heteroatoms. The van der Waals surface area contributed by atoms with Crippen LogP contribution in [0.25, 0.3) is 90.8 Å². The number of furan rings is 4. The van der Waals surface area contributed by atoms with Crippen LogP contribution >= 0.6 is 0 Å². The Bertz CT molecular complexity index is 6140. The number of H-pyrrole nitrogens is 4. The summed E-state index contributed by atoms with van der Waals surface area (Å²) in [5.41, 5.74) is 10.6. The van der Waals surface area contributed by atoms with E-state index in [-0.39, 0.29) is 110 Å². The van der Waals surface area contributed by atoms with Crippen molar-refractivity contribution in [2.75, 3.05) is 41.1 Å². The lowest BCUT2D eigenvalue weighted by Crippen LogP contribution is -2.24. The lowest BCUT2D eigenvalue weighted by molar-refractivity contribution is -0.123. The maximum absolute atomic E-state index is 13.0. The van der Waals surface area contributed by atoms with Gasteiger partial charge in [-0.15, -0.1) is 0 Å². The molecule has 0 saturated heterocycles. The minimum Gasteiger partial charge on any atom is -0.483 e. The van der Waals surface area contributed by atoms with E-state index in [0.29, 0.717) is 117 Å². The Balaban J connectivity index is 0.000000140. The first-order valence-electron chi connectivity index (χ1n) is 43.5. The van der Waals surface area contributed by atoms with Gasteiger partial charge in [0.25, 0.3) is 36.6 Å². The summed E-state index contributed by atoms with van der Waals surface area (Å²) >= 11 is 0. The summed E-state index contributed by atoms with van der Waals surface area (Å²) in [6, 6.07) is 36.8. The Kier molecular flexibility index (Phi) is 32.4. The van der Waals surface area contributed by atoms with Crippen LogP contribution in [0.1, 0.15) is 178 Å². The van der Waals surface area contributed by atoms with Gasteiger partial charge >= 0.3 is 0 Å². The molecule has 4 fully saturated rings. The van der Waals surface area contributed by atoms with Gasteiger partial charge in [-0.25, -0.2) is 0 Å². The highest BCUT2D eigenvalue weighted by Crippen LogP contribution is 2.41. The molecule has 16 aromatic rings. The van der Waals surface area contributed by atoms with E-state index in [9.17, 15) is 24.3 Å². The summed E-state index contributed by atoms with van der Waals surface area (Å²) in [5.74, 6) is 1.63. The van der Waals surface area contributed by atoms with E-state index in [1.165, 1.54) is 0 Å².